The summed E-state index contributed by atoms with van der Waals surface area (Å²) in [6.07, 6.45) is 3.67. The van der Waals surface area contributed by atoms with Crippen molar-refractivity contribution in [1.82, 2.24) is 15.1 Å². The number of rotatable bonds is 5. The number of urea groups is 1. The number of carbonyl (C=O) groups excluding carboxylic acids is 1. The van der Waals surface area contributed by atoms with Gasteiger partial charge in [-0.05, 0) is 56.5 Å². The van der Waals surface area contributed by atoms with Gasteiger partial charge in [0, 0.05) is 19.6 Å². The van der Waals surface area contributed by atoms with Gasteiger partial charge in [-0.1, -0.05) is 12.1 Å². The topological polar surface area (TPSA) is 65.0 Å². The first kappa shape index (κ1) is 18.0. The Labute approximate surface area is 149 Å². The minimum atomic E-state index is -0.393. The number of hydrogen-bond acceptors (Lipinski definition) is 4. The molecular formula is C19H29N3O3. The Kier molecular flexibility index (Phi) is 6.15. The molecule has 6 heteroatoms. The molecule has 25 heavy (non-hydrogen) atoms. The van der Waals surface area contributed by atoms with Crippen molar-refractivity contribution in [3.8, 4) is 5.75 Å². The third-order valence-electron chi connectivity index (χ3n) is 5.21. The largest absolute Gasteiger partial charge is 0.497 e. The second-order valence-electron chi connectivity index (χ2n) is 6.96. The molecule has 0 radical (unpaired) electrons. The highest BCUT2D eigenvalue weighted by molar-refractivity contribution is 5.74. The normalized spacial score (nSPS) is 22.6. The molecular weight excluding hydrogens is 318 g/mol. The molecule has 2 amide bonds. The highest BCUT2D eigenvalue weighted by Crippen LogP contribution is 2.26. The van der Waals surface area contributed by atoms with Crippen LogP contribution in [0.5, 0.6) is 5.75 Å². The molecule has 138 valence electrons. The predicted molar refractivity (Wildman–Crippen MR) is 96.8 cm³/mol. The lowest BCUT2D eigenvalue weighted by Gasteiger charge is -2.32. The summed E-state index contributed by atoms with van der Waals surface area (Å²) in [7, 11) is 1.67. The van der Waals surface area contributed by atoms with E-state index in [1.54, 1.807) is 12.0 Å². The van der Waals surface area contributed by atoms with Crippen LogP contribution in [0.1, 0.15) is 37.3 Å². The quantitative estimate of drug-likeness (QED) is 0.855. The number of aliphatic hydroxyl groups excluding tert-OH is 1. The summed E-state index contributed by atoms with van der Waals surface area (Å²) >= 11 is 0. The van der Waals surface area contributed by atoms with Crippen molar-refractivity contribution in [2.75, 3.05) is 39.8 Å². The zero-order valence-electron chi connectivity index (χ0n) is 15.0. The molecule has 6 nitrogen and oxygen atoms in total. The predicted octanol–water partition coefficient (Wildman–Crippen LogP) is 2.00. The minimum Gasteiger partial charge on any atom is -0.497 e. The SMILES string of the molecule is COc1ccc(C(CNC(=O)N2CCCC(O)C2)N2CCCC2)cc1. The first-order valence-electron chi connectivity index (χ1n) is 9.26. The lowest BCUT2D eigenvalue weighted by molar-refractivity contribution is 0.0834. The van der Waals surface area contributed by atoms with Gasteiger partial charge in [-0.15, -0.1) is 0 Å². The second kappa shape index (κ2) is 8.54. The van der Waals surface area contributed by atoms with Crippen LogP contribution in [0.3, 0.4) is 0 Å². The molecule has 2 saturated heterocycles. The van der Waals surface area contributed by atoms with Gasteiger partial charge < -0.3 is 20.1 Å². The number of benzene rings is 1. The van der Waals surface area contributed by atoms with Gasteiger partial charge in [0.15, 0.2) is 0 Å². The molecule has 2 heterocycles. The number of hydrogen-bond donors (Lipinski definition) is 2. The van der Waals surface area contributed by atoms with E-state index in [1.807, 2.05) is 12.1 Å². The zero-order valence-corrected chi connectivity index (χ0v) is 15.0. The number of aliphatic hydroxyl groups is 1. The maximum atomic E-state index is 12.5. The molecule has 2 aliphatic rings. The number of nitrogens with one attached hydrogen (secondary N) is 1. The summed E-state index contributed by atoms with van der Waals surface area (Å²) in [6, 6.07) is 8.21. The fraction of sp³-hybridized carbons (Fsp3) is 0.632. The maximum absolute atomic E-state index is 12.5. The number of nitrogens with zero attached hydrogens (tertiary/aromatic N) is 2. The van der Waals surface area contributed by atoms with Gasteiger partial charge in [-0.25, -0.2) is 4.79 Å². The lowest BCUT2D eigenvalue weighted by Crippen LogP contribution is -2.48. The molecule has 0 spiro atoms. The molecule has 2 N–H and O–H groups in total. The van der Waals surface area contributed by atoms with Crippen LogP contribution in [0.2, 0.25) is 0 Å². The smallest absolute Gasteiger partial charge is 0.317 e. The number of β-amino-alcohol motifs (C(OH)–C–C–N with tert-alkyl or cyclic N) is 1. The van der Waals surface area contributed by atoms with Crippen molar-refractivity contribution < 1.29 is 14.6 Å². The number of likely N-dealkylation sites (tertiary alicyclic amines) is 2. The van der Waals surface area contributed by atoms with Crippen molar-refractivity contribution in [3.05, 3.63) is 29.8 Å². The van der Waals surface area contributed by atoms with E-state index in [0.717, 1.165) is 38.2 Å². The Bertz CT molecular complexity index is 558. The summed E-state index contributed by atoms with van der Waals surface area (Å²) in [4.78, 5) is 16.6. The van der Waals surface area contributed by atoms with Crippen LogP contribution in [-0.4, -0.2) is 66.9 Å². The van der Waals surface area contributed by atoms with E-state index in [-0.39, 0.29) is 12.1 Å². The summed E-state index contributed by atoms with van der Waals surface area (Å²) in [5, 5.41) is 12.8. The molecule has 1 aromatic rings. The van der Waals surface area contributed by atoms with Crippen LogP contribution in [0, 0.1) is 0 Å². The molecule has 2 atom stereocenters. The van der Waals surface area contributed by atoms with E-state index >= 15 is 0 Å². The van der Waals surface area contributed by atoms with Crippen LogP contribution >= 0.6 is 0 Å². The summed E-state index contributed by atoms with van der Waals surface area (Å²) < 4.78 is 5.25. The fourth-order valence-electron chi connectivity index (χ4n) is 3.77. The number of piperidine rings is 1. The number of carbonyl (C=O) groups is 1. The Morgan fingerprint density at radius 2 is 1.96 bits per heavy atom. The van der Waals surface area contributed by atoms with E-state index in [4.69, 9.17) is 4.74 Å². The van der Waals surface area contributed by atoms with Crippen molar-refractivity contribution in [1.29, 1.82) is 0 Å². The average Bonchev–Trinajstić information content (AvgIpc) is 3.16. The molecule has 0 bridgehead atoms. The van der Waals surface area contributed by atoms with Crippen LogP contribution in [0.4, 0.5) is 4.79 Å². The van der Waals surface area contributed by atoms with Gasteiger partial charge >= 0.3 is 6.03 Å². The van der Waals surface area contributed by atoms with Crippen molar-refractivity contribution in [2.24, 2.45) is 0 Å². The van der Waals surface area contributed by atoms with Crippen LogP contribution in [0.25, 0.3) is 0 Å². The summed E-state index contributed by atoms with van der Waals surface area (Å²) in [5.41, 5.74) is 1.20. The van der Waals surface area contributed by atoms with E-state index < -0.39 is 6.10 Å². The standard InChI is InChI=1S/C19H29N3O3/c1-25-17-8-6-15(7-9-17)18(21-10-2-3-11-21)13-20-19(24)22-12-4-5-16(23)14-22/h6-9,16,18,23H,2-5,10-14H2,1H3,(H,20,24). The third kappa shape index (κ3) is 4.64. The number of amides is 2. The van der Waals surface area contributed by atoms with Crippen molar-refractivity contribution in [2.45, 2.75) is 37.8 Å². The molecule has 3 rings (SSSR count). The highest BCUT2D eigenvalue weighted by atomic mass is 16.5. The van der Waals surface area contributed by atoms with Gasteiger partial charge in [0.05, 0.1) is 19.3 Å². The molecule has 0 aromatic heterocycles. The molecule has 1 aromatic carbocycles. The molecule has 2 fully saturated rings. The Balaban J connectivity index is 1.64. The summed E-state index contributed by atoms with van der Waals surface area (Å²) in [6.45, 7) is 3.87. The van der Waals surface area contributed by atoms with E-state index in [0.29, 0.717) is 13.1 Å². The molecule has 0 saturated carbocycles. The first-order chi connectivity index (χ1) is 12.2. The van der Waals surface area contributed by atoms with E-state index in [2.05, 4.69) is 22.3 Å². The highest BCUT2D eigenvalue weighted by Gasteiger charge is 2.26. The van der Waals surface area contributed by atoms with Gasteiger partial charge in [0.25, 0.3) is 0 Å². The van der Waals surface area contributed by atoms with Gasteiger partial charge in [-0.3, -0.25) is 4.90 Å². The Morgan fingerprint density at radius 1 is 1.24 bits per heavy atom. The number of methoxy groups -OCH3 is 1. The Morgan fingerprint density at radius 3 is 2.60 bits per heavy atom. The van der Waals surface area contributed by atoms with Crippen LogP contribution in [-0.2, 0) is 0 Å². The second-order valence-corrected chi connectivity index (χ2v) is 6.96. The van der Waals surface area contributed by atoms with E-state index in [9.17, 15) is 9.90 Å². The Hall–Kier alpha value is -1.79. The lowest BCUT2D eigenvalue weighted by atomic mass is 10.1. The molecule has 0 aliphatic carbocycles. The van der Waals surface area contributed by atoms with Crippen LogP contribution < -0.4 is 10.1 Å². The molecule has 2 aliphatic heterocycles. The minimum absolute atomic E-state index is 0.0727. The monoisotopic (exact) mass is 347 g/mol. The van der Waals surface area contributed by atoms with Gasteiger partial charge in [-0.2, -0.15) is 0 Å². The molecule has 2 unspecified atom stereocenters. The van der Waals surface area contributed by atoms with Gasteiger partial charge in [0.1, 0.15) is 5.75 Å². The van der Waals surface area contributed by atoms with Crippen molar-refractivity contribution >= 4 is 6.03 Å². The first-order valence-corrected chi connectivity index (χ1v) is 9.26. The van der Waals surface area contributed by atoms with Crippen molar-refractivity contribution in [3.63, 3.8) is 0 Å². The average molecular weight is 347 g/mol. The van der Waals surface area contributed by atoms with E-state index in [1.165, 1.54) is 18.4 Å². The fourth-order valence-corrected chi connectivity index (χ4v) is 3.77. The van der Waals surface area contributed by atoms with Crippen LogP contribution in [0.15, 0.2) is 24.3 Å². The maximum Gasteiger partial charge on any atom is 0.317 e. The third-order valence-corrected chi connectivity index (χ3v) is 5.21. The zero-order chi connectivity index (χ0) is 17.6. The van der Waals surface area contributed by atoms with Gasteiger partial charge in [0.2, 0.25) is 0 Å². The number of ether oxygens (including phenoxy) is 1. The summed E-state index contributed by atoms with van der Waals surface area (Å²) in [5.74, 6) is 0.843.